The summed E-state index contributed by atoms with van der Waals surface area (Å²) in [4.78, 5) is 0. The van der Waals surface area contributed by atoms with Crippen LogP contribution < -0.4 is 0 Å². The van der Waals surface area contributed by atoms with Crippen molar-refractivity contribution in [3.05, 3.63) is 18.5 Å². The Morgan fingerprint density at radius 2 is 2.15 bits per heavy atom. The smallest absolute Gasteiger partial charge is 0.0518 e. The molecule has 0 aliphatic heterocycles. The van der Waals surface area contributed by atoms with Gasteiger partial charge in [-0.15, -0.1) is 5.92 Å². The maximum atomic E-state index is 4.10. The van der Waals surface area contributed by atoms with Crippen molar-refractivity contribution in [1.82, 2.24) is 9.78 Å². The molecule has 1 rings (SSSR count). The van der Waals surface area contributed by atoms with Gasteiger partial charge in [-0.25, -0.2) is 0 Å². The van der Waals surface area contributed by atoms with Crippen molar-refractivity contribution in [2.75, 3.05) is 0 Å². The molecule has 0 atom stereocenters. The van der Waals surface area contributed by atoms with E-state index < -0.39 is 0 Å². The van der Waals surface area contributed by atoms with Gasteiger partial charge in [0.15, 0.2) is 0 Å². The highest BCUT2D eigenvalue weighted by Gasteiger charge is 2.02. The second kappa shape index (κ2) is 4.13. The van der Waals surface area contributed by atoms with Crippen LogP contribution in [0.15, 0.2) is 18.5 Å². The lowest BCUT2D eigenvalue weighted by Crippen LogP contribution is -2.00. The fraction of sp³-hybridized carbons (Fsp3) is 0.545. The van der Waals surface area contributed by atoms with Gasteiger partial charge in [-0.1, -0.05) is 5.92 Å². The lowest BCUT2D eigenvalue weighted by Gasteiger charge is -2.06. The fourth-order valence-electron chi connectivity index (χ4n) is 0.931. The standard InChI is InChI=1S/C11H16N2/c1-11(2,3)7-4-5-9-13-10-6-8-12-13/h6,8,10H,5,9H2,1-3H3. The van der Waals surface area contributed by atoms with E-state index in [0.29, 0.717) is 0 Å². The molecule has 0 amide bonds. The van der Waals surface area contributed by atoms with Gasteiger partial charge in [-0.2, -0.15) is 5.10 Å². The molecule has 0 fully saturated rings. The molecule has 0 aliphatic carbocycles. The second-order valence-electron chi connectivity index (χ2n) is 4.07. The zero-order valence-corrected chi connectivity index (χ0v) is 8.54. The number of hydrogen-bond donors (Lipinski definition) is 0. The minimum absolute atomic E-state index is 0.115. The van der Waals surface area contributed by atoms with Gasteiger partial charge in [-0.05, 0) is 26.8 Å². The largest absolute Gasteiger partial charge is 0.272 e. The first-order chi connectivity index (χ1) is 6.08. The molecule has 0 aliphatic rings. The minimum Gasteiger partial charge on any atom is -0.272 e. The van der Waals surface area contributed by atoms with E-state index in [2.05, 4.69) is 37.7 Å². The normalized spacial score (nSPS) is 10.7. The van der Waals surface area contributed by atoms with Crippen molar-refractivity contribution in [3.8, 4) is 11.8 Å². The van der Waals surface area contributed by atoms with E-state index in [9.17, 15) is 0 Å². The van der Waals surface area contributed by atoms with E-state index >= 15 is 0 Å². The molecule has 0 saturated heterocycles. The molecule has 0 bridgehead atoms. The molecule has 70 valence electrons. The Morgan fingerprint density at radius 3 is 2.69 bits per heavy atom. The molecule has 0 spiro atoms. The summed E-state index contributed by atoms with van der Waals surface area (Å²) in [5.41, 5.74) is 0.115. The third kappa shape index (κ3) is 4.37. The van der Waals surface area contributed by atoms with Crippen LogP contribution in [-0.2, 0) is 6.54 Å². The summed E-state index contributed by atoms with van der Waals surface area (Å²) in [5, 5.41) is 4.10. The Labute approximate surface area is 80.0 Å². The van der Waals surface area contributed by atoms with Gasteiger partial charge in [-0.3, -0.25) is 4.68 Å². The minimum atomic E-state index is 0.115. The quantitative estimate of drug-likeness (QED) is 0.632. The van der Waals surface area contributed by atoms with Gasteiger partial charge in [0.05, 0.1) is 6.54 Å². The van der Waals surface area contributed by atoms with E-state index in [0.717, 1.165) is 13.0 Å². The zero-order chi connectivity index (χ0) is 9.73. The van der Waals surface area contributed by atoms with Crippen molar-refractivity contribution >= 4 is 0 Å². The summed E-state index contributed by atoms with van der Waals surface area (Å²) in [5.74, 6) is 6.35. The summed E-state index contributed by atoms with van der Waals surface area (Å²) in [6.07, 6.45) is 4.62. The third-order valence-electron chi connectivity index (χ3n) is 1.49. The summed E-state index contributed by atoms with van der Waals surface area (Å²) >= 11 is 0. The van der Waals surface area contributed by atoms with Crippen LogP contribution >= 0.6 is 0 Å². The van der Waals surface area contributed by atoms with E-state index in [1.54, 1.807) is 6.20 Å². The van der Waals surface area contributed by atoms with Gasteiger partial charge < -0.3 is 0 Å². The van der Waals surface area contributed by atoms with E-state index in [4.69, 9.17) is 0 Å². The molecule has 0 radical (unpaired) electrons. The topological polar surface area (TPSA) is 17.8 Å². The predicted molar refractivity (Wildman–Crippen MR) is 54.1 cm³/mol. The van der Waals surface area contributed by atoms with E-state index in [-0.39, 0.29) is 5.41 Å². The van der Waals surface area contributed by atoms with Gasteiger partial charge in [0.2, 0.25) is 0 Å². The Morgan fingerprint density at radius 1 is 1.38 bits per heavy atom. The molecule has 0 aromatic carbocycles. The van der Waals surface area contributed by atoms with Crippen molar-refractivity contribution in [3.63, 3.8) is 0 Å². The summed E-state index contributed by atoms with van der Waals surface area (Å²) < 4.78 is 1.90. The highest BCUT2D eigenvalue weighted by Crippen LogP contribution is 2.09. The molecule has 1 aromatic rings. The number of nitrogens with zero attached hydrogens (tertiary/aromatic N) is 2. The highest BCUT2D eigenvalue weighted by molar-refractivity contribution is 5.06. The van der Waals surface area contributed by atoms with Crippen LogP contribution in [0.25, 0.3) is 0 Å². The summed E-state index contributed by atoms with van der Waals surface area (Å²) in [6, 6.07) is 1.93. The Bertz CT molecular complexity index is 293. The monoisotopic (exact) mass is 176 g/mol. The van der Waals surface area contributed by atoms with Crippen LogP contribution in [0.1, 0.15) is 27.2 Å². The highest BCUT2D eigenvalue weighted by atomic mass is 15.3. The van der Waals surface area contributed by atoms with E-state index in [1.165, 1.54) is 0 Å². The second-order valence-corrected chi connectivity index (χ2v) is 4.07. The molecule has 0 N–H and O–H groups in total. The van der Waals surface area contributed by atoms with Crippen molar-refractivity contribution in [2.45, 2.75) is 33.7 Å². The van der Waals surface area contributed by atoms with Gasteiger partial charge >= 0.3 is 0 Å². The first-order valence-electron chi connectivity index (χ1n) is 4.55. The van der Waals surface area contributed by atoms with Crippen LogP contribution in [0, 0.1) is 17.3 Å². The van der Waals surface area contributed by atoms with E-state index in [1.807, 2.05) is 16.9 Å². The SMILES string of the molecule is CC(C)(C)C#CCCn1cccn1. The van der Waals surface area contributed by atoms with Crippen LogP contribution in [0.2, 0.25) is 0 Å². The average molecular weight is 176 g/mol. The number of aryl methyl sites for hydroxylation is 1. The van der Waals surface area contributed by atoms with Crippen LogP contribution in [0.5, 0.6) is 0 Å². The van der Waals surface area contributed by atoms with Crippen molar-refractivity contribution in [2.24, 2.45) is 5.41 Å². The Kier molecular flexibility index (Phi) is 3.13. The number of hydrogen-bond acceptors (Lipinski definition) is 1. The first-order valence-corrected chi connectivity index (χ1v) is 4.55. The Balaban J connectivity index is 2.32. The fourth-order valence-corrected chi connectivity index (χ4v) is 0.931. The van der Waals surface area contributed by atoms with Crippen LogP contribution in [-0.4, -0.2) is 9.78 Å². The maximum Gasteiger partial charge on any atom is 0.0518 e. The van der Waals surface area contributed by atoms with Gasteiger partial charge in [0, 0.05) is 24.2 Å². The first kappa shape index (κ1) is 9.85. The van der Waals surface area contributed by atoms with Crippen molar-refractivity contribution in [1.29, 1.82) is 0 Å². The predicted octanol–water partition coefficient (Wildman–Crippen LogP) is 2.32. The average Bonchev–Trinajstić information content (AvgIpc) is 2.48. The Hall–Kier alpha value is -1.23. The van der Waals surface area contributed by atoms with Crippen LogP contribution in [0.4, 0.5) is 0 Å². The molecule has 1 heterocycles. The molecule has 1 aromatic heterocycles. The maximum absolute atomic E-state index is 4.10. The lowest BCUT2D eigenvalue weighted by molar-refractivity contribution is 0.568. The molecule has 2 nitrogen and oxygen atoms in total. The third-order valence-corrected chi connectivity index (χ3v) is 1.49. The van der Waals surface area contributed by atoms with Crippen LogP contribution in [0.3, 0.4) is 0 Å². The molecule has 13 heavy (non-hydrogen) atoms. The molecule has 2 heteroatoms. The molecule has 0 unspecified atom stereocenters. The lowest BCUT2D eigenvalue weighted by atomic mass is 9.98. The summed E-state index contributed by atoms with van der Waals surface area (Å²) in [6.45, 7) is 7.24. The number of aromatic nitrogens is 2. The van der Waals surface area contributed by atoms with Gasteiger partial charge in [0.25, 0.3) is 0 Å². The van der Waals surface area contributed by atoms with Gasteiger partial charge in [0.1, 0.15) is 0 Å². The summed E-state index contributed by atoms with van der Waals surface area (Å²) in [7, 11) is 0. The molecular weight excluding hydrogens is 160 g/mol. The molecule has 0 saturated carbocycles. The zero-order valence-electron chi connectivity index (χ0n) is 8.54. The number of rotatable bonds is 2. The molecular formula is C11H16N2. The van der Waals surface area contributed by atoms with Crippen molar-refractivity contribution < 1.29 is 0 Å².